The van der Waals surface area contributed by atoms with Crippen LogP contribution >= 0.6 is 0 Å². The molecule has 11 nitrogen and oxygen atoms in total. The molecule has 4 aromatic rings. The highest BCUT2D eigenvalue weighted by Crippen LogP contribution is 2.39. The van der Waals surface area contributed by atoms with Crippen LogP contribution in [0.25, 0.3) is 11.3 Å². The Labute approximate surface area is 205 Å². The van der Waals surface area contributed by atoms with Crippen LogP contribution in [0.4, 0.5) is 27.4 Å². The van der Waals surface area contributed by atoms with Crippen molar-refractivity contribution in [2.45, 2.75) is 25.7 Å². The highest BCUT2D eigenvalue weighted by Gasteiger charge is 2.25. The van der Waals surface area contributed by atoms with Crippen molar-refractivity contribution in [3.8, 4) is 11.3 Å². The molecule has 4 N–H and O–H groups in total. The van der Waals surface area contributed by atoms with Crippen molar-refractivity contribution in [1.82, 2.24) is 30.4 Å². The fourth-order valence-electron chi connectivity index (χ4n) is 3.55. The summed E-state index contributed by atoms with van der Waals surface area (Å²) in [7, 11) is 1.86. The smallest absolute Gasteiger partial charge is 0.287 e. The maximum absolute atomic E-state index is 14.5. The third-order valence-electron chi connectivity index (χ3n) is 5.93. The minimum absolute atomic E-state index is 0.0475. The van der Waals surface area contributed by atoms with Gasteiger partial charge in [-0.3, -0.25) is 14.7 Å². The molecule has 1 aliphatic rings. The Balaban J connectivity index is 1.35. The number of amides is 1. The molecule has 0 radical (unpaired) electrons. The molecule has 1 aliphatic carbocycles. The number of hydrogen-bond donors (Lipinski definition) is 4. The summed E-state index contributed by atoms with van der Waals surface area (Å²) in [5, 5.41) is 19.2. The number of rotatable bonds is 8. The van der Waals surface area contributed by atoms with E-state index in [1.807, 2.05) is 24.9 Å². The topological polar surface area (TPSA) is 145 Å². The molecule has 0 spiro atoms. The van der Waals surface area contributed by atoms with E-state index >= 15 is 0 Å². The van der Waals surface area contributed by atoms with Gasteiger partial charge in [0.1, 0.15) is 23.0 Å². The Bertz CT molecular complexity index is 1460. The average Bonchev–Trinajstić information content (AvgIpc) is 3.64. The van der Waals surface area contributed by atoms with Crippen molar-refractivity contribution in [2.24, 2.45) is 0 Å². The number of nitrogens with zero attached hydrogens (tertiary/aromatic N) is 5. The molecular weight excluding hydrogens is 465 g/mol. The number of H-pyrrole nitrogens is 2. The second-order valence-electron chi connectivity index (χ2n) is 8.53. The van der Waals surface area contributed by atoms with Gasteiger partial charge in [-0.1, -0.05) is 0 Å². The number of benzene rings is 1. The van der Waals surface area contributed by atoms with E-state index < -0.39 is 17.3 Å². The molecule has 5 rings (SSSR count). The Hall–Kier alpha value is -4.61. The number of anilines is 4. The number of carbonyl (C=O) groups is 1. The quantitative estimate of drug-likeness (QED) is 0.295. The summed E-state index contributed by atoms with van der Waals surface area (Å²) in [5.41, 5.74) is 1.68. The van der Waals surface area contributed by atoms with Crippen molar-refractivity contribution in [1.29, 1.82) is 0 Å². The molecule has 0 saturated heterocycles. The van der Waals surface area contributed by atoms with Crippen molar-refractivity contribution >= 4 is 28.9 Å². The van der Waals surface area contributed by atoms with Crippen LogP contribution in [0.3, 0.4) is 0 Å². The standard InChI is InChI=1S/C24H24FN9O2/c1-3-34(2)22-12-26-20(11-27-22)23(35)29-18-8-14(6-7-15(18)25)16-9-19(24(36)33-31-16)28-21-10-17(30-32-21)13-4-5-13/h6-13H,3-5H2,1-2H3,(H,29,35)(H,33,36)(H2,28,30,31,32). The van der Waals surface area contributed by atoms with Gasteiger partial charge in [0.15, 0.2) is 5.82 Å². The zero-order chi connectivity index (χ0) is 25.2. The summed E-state index contributed by atoms with van der Waals surface area (Å²) in [6.45, 7) is 2.70. The van der Waals surface area contributed by atoms with Crippen molar-refractivity contribution < 1.29 is 9.18 Å². The zero-order valence-electron chi connectivity index (χ0n) is 19.7. The monoisotopic (exact) mass is 489 g/mol. The maximum Gasteiger partial charge on any atom is 0.287 e. The Kier molecular flexibility index (Phi) is 6.15. The van der Waals surface area contributed by atoms with Crippen LogP contribution in [0, 0.1) is 5.82 Å². The zero-order valence-corrected chi connectivity index (χ0v) is 19.7. The van der Waals surface area contributed by atoms with Crippen LogP contribution < -0.4 is 21.1 Å². The van der Waals surface area contributed by atoms with E-state index in [1.165, 1.54) is 36.7 Å². The van der Waals surface area contributed by atoms with Gasteiger partial charge in [-0.05, 0) is 44.0 Å². The molecule has 0 atom stereocenters. The molecular formula is C24H24FN9O2. The summed E-state index contributed by atoms with van der Waals surface area (Å²) >= 11 is 0. The highest BCUT2D eigenvalue weighted by molar-refractivity contribution is 6.03. The number of nitrogens with one attached hydrogen (secondary N) is 4. The normalized spacial score (nSPS) is 12.9. The molecule has 0 unspecified atom stereocenters. The Morgan fingerprint density at radius 3 is 2.67 bits per heavy atom. The first kappa shape index (κ1) is 23.1. The summed E-state index contributed by atoms with van der Waals surface area (Å²) < 4.78 is 14.5. The van der Waals surface area contributed by atoms with E-state index in [0.29, 0.717) is 28.8 Å². The van der Waals surface area contributed by atoms with E-state index in [9.17, 15) is 14.0 Å². The summed E-state index contributed by atoms with van der Waals surface area (Å²) in [5.74, 6) is 0.396. The van der Waals surface area contributed by atoms with Crippen LogP contribution in [0.2, 0.25) is 0 Å². The van der Waals surface area contributed by atoms with E-state index in [4.69, 9.17) is 0 Å². The first-order valence-electron chi connectivity index (χ1n) is 11.5. The van der Waals surface area contributed by atoms with Gasteiger partial charge in [0.05, 0.1) is 23.8 Å². The van der Waals surface area contributed by atoms with Crippen molar-refractivity contribution in [3.63, 3.8) is 0 Å². The number of hydrogen-bond acceptors (Lipinski definition) is 8. The summed E-state index contributed by atoms with van der Waals surface area (Å²) in [4.78, 5) is 35.2. The molecule has 1 saturated carbocycles. The fraction of sp³-hybridized carbons (Fsp3) is 0.250. The largest absolute Gasteiger partial charge is 0.359 e. The molecule has 3 aromatic heterocycles. The molecule has 1 amide bonds. The van der Waals surface area contributed by atoms with Gasteiger partial charge in [0.25, 0.3) is 11.5 Å². The van der Waals surface area contributed by atoms with Gasteiger partial charge in [-0.25, -0.2) is 19.5 Å². The predicted octanol–water partition coefficient (Wildman–Crippen LogP) is 3.42. The van der Waals surface area contributed by atoms with E-state index in [-0.39, 0.29) is 17.1 Å². The minimum atomic E-state index is -0.630. The summed E-state index contributed by atoms with van der Waals surface area (Å²) in [6, 6.07) is 7.57. The maximum atomic E-state index is 14.5. The number of carbonyl (C=O) groups excluding carboxylic acids is 1. The lowest BCUT2D eigenvalue weighted by atomic mass is 10.1. The van der Waals surface area contributed by atoms with Crippen LogP contribution in [0.1, 0.15) is 41.9 Å². The van der Waals surface area contributed by atoms with Crippen LogP contribution in [0.15, 0.2) is 47.5 Å². The second-order valence-corrected chi connectivity index (χ2v) is 8.53. The van der Waals surface area contributed by atoms with E-state index in [1.54, 1.807) is 0 Å². The third kappa shape index (κ3) is 4.92. The molecule has 36 heavy (non-hydrogen) atoms. The second kappa shape index (κ2) is 9.56. The van der Waals surface area contributed by atoms with Gasteiger partial charge in [-0.15, -0.1) is 0 Å². The molecule has 0 aliphatic heterocycles. The van der Waals surface area contributed by atoms with E-state index in [2.05, 4.69) is 41.0 Å². The molecule has 12 heteroatoms. The van der Waals surface area contributed by atoms with Gasteiger partial charge >= 0.3 is 0 Å². The van der Waals surface area contributed by atoms with Gasteiger partial charge in [-0.2, -0.15) is 10.2 Å². The average molecular weight is 490 g/mol. The lowest BCUT2D eigenvalue weighted by Crippen LogP contribution is -2.19. The Morgan fingerprint density at radius 1 is 1.11 bits per heavy atom. The van der Waals surface area contributed by atoms with Crippen LogP contribution in [-0.2, 0) is 0 Å². The highest BCUT2D eigenvalue weighted by atomic mass is 19.1. The molecule has 1 fully saturated rings. The van der Waals surface area contributed by atoms with Crippen LogP contribution in [0.5, 0.6) is 0 Å². The number of aromatic amines is 2. The van der Waals surface area contributed by atoms with Gasteiger partial charge in [0.2, 0.25) is 0 Å². The number of halogens is 1. The first-order chi connectivity index (χ1) is 17.4. The van der Waals surface area contributed by atoms with Gasteiger partial charge < -0.3 is 15.5 Å². The Morgan fingerprint density at radius 2 is 1.94 bits per heavy atom. The lowest BCUT2D eigenvalue weighted by Gasteiger charge is -2.14. The lowest BCUT2D eigenvalue weighted by molar-refractivity contribution is 0.102. The molecule has 0 bridgehead atoms. The van der Waals surface area contributed by atoms with Crippen molar-refractivity contribution in [3.05, 3.63) is 70.3 Å². The molecule has 184 valence electrons. The van der Waals surface area contributed by atoms with E-state index in [0.717, 1.165) is 25.1 Å². The third-order valence-corrected chi connectivity index (χ3v) is 5.93. The number of aromatic nitrogens is 6. The predicted molar refractivity (Wildman–Crippen MR) is 133 cm³/mol. The summed E-state index contributed by atoms with van der Waals surface area (Å²) in [6.07, 6.45) is 5.07. The minimum Gasteiger partial charge on any atom is -0.359 e. The first-order valence-corrected chi connectivity index (χ1v) is 11.5. The van der Waals surface area contributed by atoms with Gasteiger partial charge in [0, 0.05) is 36.8 Å². The molecule has 1 aromatic carbocycles. The molecule has 3 heterocycles. The van der Waals surface area contributed by atoms with Crippen LogP contribution in [-0.4, -0.2) is 49.9 Å². The SMILES string of the molecule is CCN(C)c1cnc(C(=O)Nc2cc(-c3cc(Nc4cc(C5CC5)[nH]n4)c(=O)[nH]n3)ccc2F)cn1. The fourth-order valence-corrected chi connectivity index (χ4v) is 3.55. The van der Waals surface area contributed by atoms with Crippen molar-refractivity contribution in [2.75, 3.05) is 29.1 Å².